The van der Waals surface area contributed by atoms with Gasteiger partial charge in [-0.2, -0.15) is 5.10 Å². The van der Waals surface area contributed by atoms with Gasteiger partial charge in [-0.1, -0.05) is 20.8 Å². The van der Waals surface area contributed by atoms with Crippen molar-refractivity contribution in [1.82, 2.24) is 14.3 Å². The molecule has 4 nitrogen and oxygen atoms in total. The zero-order valence-electron chi connectivity index (χ0n) is 13.5. The lowest BCUT2D eigenvalue weighted by molar-refractivity contribution is 0.424. The Morgan fingerprint density at radius 2 is 1.86 bits per heavy atom. The summed E-state index contributed by atoms with van der Waals surface area (Å²) in [6.07, 6.45) is 10.6. The highest BCUT2D eigenvalue weighted by Gasteiger charge is 2.09. The fourth-order valence-electron chi connectivity index (χ4n) is 2.67. The summed E-state index contributed by atoms with van der Waals surface area (Å²) in [5.41, 5.74) is 8.43. The van der Waals surface area contributed by atoms with E-state index in [1.807, 2.05) is 0 Å². The van der Waals surface area contributed by atoms with Crippen LogP contribution in [0.5, 0.6) is 0 Å². The lowest BCUT2D eigenvalue weighted by atomic mass is 10.1. The number of rotatable bonds is 8. The van der Waals surface area contributed by atoms with Crippen LogP contribution < -0.4 is 5.73 Å². The second kappa shape index (κ2) is 7.46. The van der Waals surface area contributed by atoms with E-state index in [2.05, 4.69) is 60.7 Å². The van der Waals surface area contributed by atoms with Crippen LogP contribution >= 0.6 is 0 Å². The first-order valence-corrected chi connectivity index (χ1v) is 8.10. The number of aromatic nitrogens is 3. The Morgan fingerprint density at radius 1 is 1.10 bits per heavy atom. The van der Waals surface area contributed by atoms with Gasteiger partial charge in [0.15, 0.2) is 0 Å². The van der Waals surface area contributed by atoms with Crippen LogP contribution in [0.4, 0.5) is 0 Å². The maximum absolute atomic E-state index is 6.01. The van der Waals surface area contributed by atoms with Crippen LogP contribution in [0.2, 0.25) is 0 Å². The lowest BCUT2D eigenvalue weighted by Gasteiger charge is -2.12. The van der Waals surface area contributed by atoms with Crippen LogP contribution in [0.1, 0.15) is 57.3 Å². The van der Waals surface area contributed by atoms with E-state index in [-0.39, 0.29) is 6.04 Å². The first-order chi connectivity index (χ1) is 10.2. The minimum atomic E-state index is 0.259. The van der Waals surface area contributed by atoms with Gasteiger partial charge in [-0.05, 0) is 43.4 Å². The van der Waals surface area contributed by atoms with Gasteiger partial charge < -0.3 is 10.3 Å². The topological polar surface area (TPSA) is 48.8 Å². The van der Waals surface area contributed by atoms with E-state index >= 15 is 0 Å². The predicted molar refractivity (Wildman–Crippen MR) is 87.4 cm³/mol. The summed E-state index contributed by atoms with van der Waals surface area (Å²) in [5.74, 6) is 0. The van der Waals surface area contributed by atoms with E-state index in [4.69, 9.17) is 10.8 Å². The monoisotopic (exact) mass is 288 g/mol. The van der Waals surface area contributed by atoms with Gasteiger partial charge in [0.2, 0.25) is 0 Å². The Kier molecular flexibility index (Phi) is 5.62. The van der Waals surface area contributed by atoms with Crippen LogP contribution in [-0.2, 0) is 13.0 Å². The molecule has 0 aromatic carbocycles. The van der Waals surface area contributed by atoms with E-state index in [1.165, 1.54) is 5.56 Å². The standard InChI is InChI=1S/C17H28N4/c1-4-15(18)11-14-7-9-20(12-14)13-16-8-10-21(19-16)17(5-2)6-3/h7-10,12,15,17H,4-6,11,13,18H2,1-3H3. The van der Waals surface area contributed by atoms with Gasteiger partial charge in [-0.25, -0.2) is 0 Å². The van der Waals surface area contributed by atoms with Crippen molar-refractivity contribution in [2.45, 2.75) is 65.1 Å². The summed E-state index contributed by atoms with van der Waals surface area (Å²) in [6.45, 7) is 7.39. The summed E-state index contributed by atoms with van der Waals surface area (Å²) in [4.78, 5) is 0. The lowest BCUT2D eigenvalue weighted by Crippen LogP contribution is -2.21. The molecular weight excluding hydrogens is 260 g/mol. The molecule has 0 spiro atoms. The smallest absolute Gasteiger partial charge is 0.0821 e. The highest BCUT2D eigenvalue weighted by atomic mass is 15.3. The Balaban J connectivity index is 1.99. The van der Waals surface area contributed by atoms with E-state index in [0.29, 0.717) is 6.04 Å². The normalized spacial score (nSPS) is 13.0. The molecule has 4 heteroatoms. The minimum absolute atomic E-state index is 0.259. The second-order valence-corrected chi connectivity index (χ2v) is 5.82. The molecule has 0 saturated heterocycles. The summed E-state index contributed by atoms with van der Waals surface area (Å²) >= 11 is 0. The van der Waals surface area contributed by atoms with Crippen molar-refractivity contribution in [1.29, 1.82) is 0 Å². The van der Waals surface area contributed by atoms with Crippen LogP contribution in [-0.4, -0.2) is 20.4 Å². The molecule has 2 N–H and O–H groups in total. The van der Waals surface area contributed by atoms with E-state index in [0.717, 1.165) is 37.9 Å². The molecule has 2 aromatic rings. The Labute approximate surface area is 128 Å². The molecule has 0 saturated carbocycles. The van der Waals surface area contributed by atoms with Crippen LogP contribution in [0, 0.1) is 0 Å². The van der Waals surface area contributed by atoms with Gasteiger partial charge in [0.05, 0.1) is 18.3 Å². The average molecular weight is 288 g/mol. The van der Waals surface area contributed by atoms with Crippen molar-refractivity contribution in [3.05, 3.63) is 42.0 Å². The SMILES string of the molecule is CCC(N)Cc1ccn(Cc2ccn(C(CC)CC)n2)c1. The molecule has 0 amide bonds. The fraction of sp³-hybridized carbons (Fsp3) is 0.588. The van der Waals surface area contributed by atoms with Crippen molar-refractivity contribution >= 4 is 0 Å². The molecule has 0 aliphatic carbocycles. The van der Waals surface area contributed by atoms with E-state index in [1.54, 1.807) is 0 Å². The zero-order chi connectivity index (χ0) is 15.2. The molecule has 0 radical (unpaired) electrons. The van der Waals surface area contributed by atoms with E-state index < -0.39 is 0 Å². The predicted octanol–water partition coefficient (Wildman–Crippen LogP) is 3.37. The van der Waals surface area contributed by atoms with Crippen LogP contribution in [0.15, 0.2) is 30.7 Å². The molecule has 2 rings (SSSR count). The van der Waals surface area contributed by atoms with Crippen molar-refractivity contribution in [2.75, 3.05) is 0 Å². The Morgan fingerprint density at radius 3 is 2.52 bits per heavy atom. The quantitative estimate of drug-likeness (QED) is 0.809. The maximum Gasteiger partial charge on any atom is 0.0821 e. The fourth-order valence-corrected chi connectivity index (χ4v) is 2.67. The molecule has 0 aliphatic rings. The van der Waals surface area contributed by atoms with Gasteiger partial charge in [0.25, 0.3) is 0 Å². The largest absolute Gasteiger partial charge is 0.348 e. The van der Waals surface area contributed by atoms with Gasteiger partial charge in [0, 0.05) is 24.6 Å². The molecule has 116 valence electrons. The van der Waals surface area contributed by atoms with Crippen LogP contribution in [0.25, 0.3) is 0 Å². The molecule has 21 heavy (non-hydrogen) atoms. The van der Waals surface area contributed by atoms with E-state index in [9.17, 15) is 0 Å². The summed E-state index contributed by atoms with van der Waals surface area (Å²) < 4.78 is 4.30. The number of hydrogen-bond donors (Lipinski definition) is 1. The third-order valence-electron chi connectivity index (χ3n) is 4.16. The minimum Gasteiger partial charge on any atom is -0.348 e. The molecule has 1 unspecified atom stereocenters. The molecular formula is C17H28N4. The summed E-state index contributed by atoms with van der Waals surface area (Å²) in [5, 5.41) is 4.71. The second-order valence-electron chi connectivity index (χ2n) is 5.82. The first-order valence-electron chi connectivity index (χ1n) is 8.10. The highest BCUT2D eigenvalue weighted by molar-refractivity contribution is 5.13. The molecule has 2 heterocycles. The van der Waals surface area contributed by atoms with Gasteiger partial charge in [0.1, 0.15) is 0 Å². The highest BCUT2D eigenvalue weighted by Crippen LogP contribution is 2.15. The Bertz CT molecular complexity index is 536. The number of hydrogen-bond acceptors (Lipinski definition) is 2. The third kappa shape index (κ3) is 4.21. The van der Waals surface area contributed by atoms with Crippen molar-refractivity contribution < 1.29 is 0 Å². The summed E-state index contributed by atoms with van der Waals surface area (Å²) in [6, 6.07) is 5.06. The Hall–Kier alpha value is -1.55. The van der Waals surface area contributed by atoms with Crippen molar-refractivity contribution in [3.63, 3.8) is 0 Å². The van der Waals surface area contributed by atoms with Crippen molar-refractivity contribution in [3.8, 4) is 0 Å². The third-order valence-corrected chi connectivity index (χ3v) is 4.16. The maximum atomic E-state index is 6.01. The molecule has 0 aliphatic heterocycles. The summed E-state index contributed by atoms with van der Waals surface area (Å²) in [7, 11) is 0. The molecule has 2 aromatic heterocycles. The van der Waals surface area contributed by atoms with Gasteiger partial charge in [-0.3, -0.25) is 4.68 Å². The number of nitrogens with two attached hydrogens (primary N) is 1. The number of nitrogens with zero attached hydrogens (tertiary/aromatic N) is 3. The molecule has 0 bridgehead atoms. The average Bonchev–Trinajstić information content (AvgIpc) is 3.11. The first kappa shape index (κ1) is 15.8. The van der Waals surface area contributed by atoms with Gasteiger partial charge in [-0.15, -0.1) is 0 Å². The zero-order valence-corrected chi connectivity index (χ0v) is 13.5. The molecule has 1 atom stereocenters. The molecule has 0 fully saturated rings. The van der Waals surface area contributed by atoms with Gasteiger partial charge >= 0.3 is 0 Å². The van der Waals surface area contributed by atoms with Crippen LogP contribution in [0.3, 0.4) is 0 Å². The van der Waals surface area contributed by atoms with Crippen molar-refractivity contribution in [2.24, 2.45) is 5.73 Å².